The standard InChI is InChI=1S/C21H17F8NO2S.ClH/c22-14-2-1-3-15(11-14)33(31,32)18-8-9-30-17(18)7-4-12-10-13(5-6-16(12)18)19(23,20(24,25)26)21(27,28)29;/h1-3,5-6,10-11,17,30H,4,7-9H2;1H/t17-,18-;/m1./s1. The fraction of sp³-hybridized carbons (Fsp3) is 0.429. The van der Waals surface area contributed by atoms with Crippen LogP contribution in [0.15, 0.2) is 47.4 Å². The van der Waals surface area contributed by atoms with Crippen LogP contribution in [0.25, 0.3) is 0 Å². The molecule has 0 saturated carbocycles. The first kappa shape index (κ1) is 26.7. The van der Waals surface area contributed by atoms with Crippen LogP contribution in [-0.2, 0) is 26.7 Å². The molecule has 2 aromatic rings. The van der Waals surface area contributed by atoms with Gasteiger partial charge in [-0.25, -0.2) is 17.2 Å². The fourth-order valence-electron chi connectivity index (χ4n) is 4.96. The zero-order chi connectivity index (χ0) is 24.4. The maximum atomic E-state index is 14.6. The van der Waals surface area contributed by atoms with Gasteiger partial charge >= 0.3 is 18.0 Å². The summed E-state index contributed by atoms with van der Waals surface area (Å²) in [6.07, 6.45) is -12.6. The Balaban J connectivity index is 0.00000324. The van der Waals surface area contributed by atoms with Gasteiger partial charge in [0.25, 0.3) is 0 Å². The van der Waals surface area contributed by atoms with Gasteiger partial charge in [0.2, 0.25) is 0 Å². The molecule has 1 heterocycles. The summed E-state index contributed by atoms with van der Waals surface area (Å²) in [7, 11) is -4.34. The van der Waals surface area contributed by atoms with Crippen molar-refractivity contribution in [2.24, 2.45) is 0 Å². The lowest BCUT2D eigenvalue weighted by Crippen LogP contribution is -2.51. The number of fused-ring (bicyclic) bond motifs is 3. The Hall–Kier alpha value is -1.92. The summed E-state index contributed by atoms with van der Waals surface area (Å²) >= 11 is 0. The number of hydrogen-bond acceptors (Lipinski definition) is 3. The van der Waals surface area contributed by atoms with Gasteiger partial charge in [0.15, 0.2) is 9.84 Å². The molecule has 0 aromatic heterocycles. The first-order chi connectivity index (χ1) is 15.2. The maximum Gasteiger partial charge on any atom is 0.435 e. The lowest BCUT2D eigenvalue weighted by atomic mass is 9.77. The molecule has 4 rings (SSSR count). The Kier molecular flexibility index (Phi) is 6.54. The first-order valence-corrected chi connectivity index (χ1v) is 11.3. The molecule has 0 unspecified atom stereocenters. The molecule has 3 nitrogen and oxygen atoms in total. The van der Waals surface area contributed by atoms with E-state index in [0.717, 1.165) is 18.2 Å². The number of benzene rings is 2. The smallest absolute Gasteiger partial charge is 0.312 e. The molecule has 1 aliphatic heterocycles. The quantitative estimate of drug-likeness (QED) is 0.527. The summed E-state index contributed by atoms with van der Waals surface area (Å²) in [6, 6.07) is 5.12. The number of nitrogens with one attached hydrogen (secondary N) is 1. The summed E-state index contributed by atoms with van der Waals surface area (Å²) in [4.78, 5) is -0.362. The Morgan fingerprint density at radius 2 is 1.59 bits per heavy atom. The molecule has 1 aliphatic carbocycles. The van der Waals surface area contributed by atoms with E-state index in [1.54, 1.807) is 0 Å². The van der Waals surface area contributed by atoms with Crippen LogP contribution >= 0.6 is 12.4 Å². The van der Waals surface area contributed by atoms with Crippen molar-refractivity contribution in [3.63, 3.8) is 0 Å². The molecule has 0 amide bonds. The van der Waals surface area contributed by atoms with Gasteiger partial charge in [-0.1, -0.05) is 24.3 Å². The Bertz CT molecular complexity index is 1180. The van der Waals surface area contributed by atoms with Crippen molar-refractivity contribution in [3.05, 3.63) is 65.0 Å². The summed E-state index contributed by atoms with van der Waals surface area (Å²) in [5, 5.41) is 3.02. The molecule has 2 atom stereocenters. The molecule has 1 saturated heterocycles. The lowest BCUT2D eigenvalue weighted by molar-refractivity contribution is -0.348. The molecule has 0 bridgehead atoms. The predicted octanol–water partition coefficient (Wildman–Crippen LogP) is 5.51. The van der Waals surface area contributed by atoms with Crippen LogP contribution in [0.5, 0.6) is 0 Å². The summed E-state index contributed by atoms with van der Waals surface area (Å²) in [6.45, 7) is 0.207. The van der Waals surface area contributed by atoms with E-state index in [1.807, 2.05) is 0 Å². The average Bonchev–Trinajstić information content (AvgIpc) is 3.17. The average molecular weight is 536 g/mol. The topological polar surface area (TPSA) is 46.2 Å². The van der Waals surface area contributed by atoms with Crippen molar-refractivity contribution in [2.75, 3.05) is 6.54 Å². The molecular weight excluding hydrogens is 518 g/mol. The molecular formula is C21H18ClF8NO2S. The second-order valence-electron chi connectivity index (χ2n) is 8.17. The highest BCUT2D eigenvalue weighted by molar-refractivity contribution is 7.92. The molecule has 0 radical (unpaired) electrons. The van der Waals surface area contributed by atoms with Crippen molar-refractivity contribution in [1.82, 2.24) is 5.32 Å². The van der Waals surface area contributed by atoms with E-state index >= 15 is 0 Å². The van der Waals surface area contributed by atoms with E-state index < -0.39 is 50.0 Å². The second-order valence-corrected chi connectivity index (χ2v) is 10.4. The van der Waals surface area contributed by atoms with Crippen molar-refractivity contribution in [3.8, 4) is 0 Å². The normalized spacial score (nSPS) is 23.1. The van der Waals surface area contributed by atoms with E-state index in [0.29, 0.717) is 12.1 Å². The highest BCUT2D eigenvalue weighted by Gasteiger charge is 2.73. The zero-order valence-corrected chi connectivity index (χ0v) is 18.7. The summed E-state index contributed by atoms with van der Waals surface area (Å²) in [5.41, 5.74) is -7.41. The fourth-order valence-corrected chi connectivity index (χ4v) is 7.34. The van der Waals surface area contributed by atoms with Gasteiger partial charge in [-0.15, -0.1) is 12.4 Å². The highest BCUT2D eigenvalue weighted by Crippen LogP contribution is 2.55. The zero-order valence-electron chi connectivity index (χ0n) is 17.1. The minimum atomic E-state index is -6.28. The molecule has 34 heavy (non-hydrogen) atoms. The largest absolute Gasteiger partial charge is 0.435 e. The van der Waals surface area contributed by atoms with Crippen LogP contribution in [0.2, 0.25) is 0 Å². The van der Waals surface area contributed by atoms with Crippen molar-refractivity contribution < 1.29 is 43.5 Å². The van der Waals surface area contributed by atoms with Gasteiger partial charge in [-0.2, -0.15) is 26.3 Å². The molecule has 1 fully saturated rings. The Morgan fingerprint density at radius 1 is 0.941 bits per heavy atom. The number of alkyl halides is 7. The molecule has 1 N–H and O–H groups in total. The lowest BCUT2D eigenvalue weighted by Gasteiger charge is -2.41. The van der Waals surface area contributed by atoms with Gasteiger partial charge in [0, 0.05) is 11.6 Å². The third-order valence-electron chi connectivity index (χ3n) is 6.48. The molecule has 0 spiro atoms. The van der Waals surface area contributed by atoms with E-state index in [1.165, 1.54) is 12.1 Å². The Morgan fingerprint density at radius 3 is 2.18 bits per heavy atom. The van der Waals surface area contributed by atoms with E-state index in [9.17, 15) is 43.5 Å². The van der Waals surface area contributed by atoms with Gasteiger partial charge in [0.1, 0.15) is 10.6 Å². The first-order valence-electron chi connectivity index (χ1n) is 9.86. The van der Waals surface area contributed by atoms with Crippen LogP contribution in [0.3, 0.4) is 0 Å². The van der Waals surface area contributed by atoms with E-state index in [4.69, 9.17) is 0 Å². The van der Waals surface area contributed by atoms with Gasteiger partial charge < -0.3 is 5.32 Å². The molecule has 2 aromatic carbocycles. The van der Waals surface area contributed by atoms with Crippen molar-refractivity contribution in [1.29, 1.82) is 0 Å². The van der Waals surface area contributed by atoms with Crippen LogP contribution in [-0.4, -0.2) is 33.4 Å². The molecule has 188 valence electrons. The highest BCUT2D eigenvalue weighted by atomic mass is 35.5. The summed E-state index contributed by atoms with van der Waals surface area (Å²) < 4.78 is 133. The molecule has 2 aliphatic rings. The number of aryl methyl sites for hydroxylation is 1. The Labute approximate surface area is 195 Å². The van der Waals surface area contributed by atoms with Crippen molar-refractivity contribution in [2.45, 2.75) is 53.0 Å². The SMILES string of the molecule is Cl.O=S(=O)(c1cccc(F)c1)[C@@]12CCN[C@@H]1CCc1cc(C(F)(C(F)(F)F)C(F)(F)F)ccc12. The summed E-state index contributed by atoms with van der Waals surface area (Å²) in [5.74, 6) is -0.820. The van der Waals surface area contributed by atoms with Crippen LogP contribution in [0, 0.1) is 5.82 Å². The third-order valence-corrected chi connectivity index (χ3v) is 9.02. The second kappa shape index (κ2) is 8.34. The van der Waals surface area contributed by atoms with Gasteiger partial charge in [-0.05, 0) is 55.1 Å². The van der Waals surface area contributed by atoms with E-state index in [-0.39, 0.29) is 54.2 Å². The van der Waals surface area contributed by atoms with Crippen molar-refractivity contribution >= 4 is 22.2 Å². The van der Waals surface area contributed by atoms with Crippen LogP contribution in [0.4, 0.5) is 35.1 Å². The van der Waals surface area contributed by atoms with Gasteiger partial charge in [-0.3, -0.25) is 0 Å². The minimum Gasteiger partial charge on any atom is -0.312 e. The number of sulfone groups is 1. The number of rotatable bonds is 3. The van der Waals surface area contributed by atoms with Crippen LogP contribution in [0.1, 0.15) is 29.5 Å². The maximum absolute atomic E-state index is 14.6. The number of hydrogen-bond donors (Lipinski definition) is 1. The monoisotopic (exact) mass is 535 g/mol. The predicted molar refractivity (Wildman–Crippen MR) is 109 cm³/mol. The molecule has 13 heteroatoms. The third kappa shape index (κ3) is 3.60. The van der Waals surface area contributed by atoms with Crippen LogP contribution < -0.4 is 5.32 Å². The van der Waals surface area contributed by atoms with E-state index in [2.05, 4.69) is 5.32 Å². The number of halogens is 9. The van der Waals surface area contributed by atoms with Gasteiger partial charge in [0.05, 0.1) is 4.90 Å². The minimum absolute atomic E-state index is 0.